The summed E-state index contributed by atoms with van der Waals surface area (Å²) in [5.74, 6) is -0.456. The maximum absolute atomic E-state index is 12.9. The third kappa shape index (κ3) is 4.12. The van der Waals surface area contributed by atoms with Crippen molar-refractivity contribution in [3.63, 3.8) is 0 Å². The highest BCUT2D eigenvalue weighted by molar-refractivity contribution is 7.89. The van der Waals surface area contributed by atoms with E-state index in [1.54, 1.807) is 0 Å². The minimum absolute atomic E-state index is 0.0703. The number of rotatable bonds is 6. The van der Waals surface area contributed by atoms with E-state index in [0.717, 1.165) is 24.1 Å². The fraction of sp³-hybridized carbons (Fsp3) is 0.250. The number of benzene rings is 2. The SMILES string of the molecule is CCCC(NS(=O)(=O)c1ccc(F)cc1)c1ccccc1. The fourth-order valence-corrected chi connectivity index (χ4v) is 3.40. The van der Waals surface area contributed by atoms with Crippen molar-refractivity contribution in [3.8, 4) is 0 Å². The zero-order chi connectivity index (χ0) is 15.3. The highest BCUT2D eigenvalue weighted by Gasteiger charge is 2.20. The van der Waals surface area contributed by atoms with E-state index in [2.05, 4.69) is 4.72 Å². The molecule has 3 nitrogen and oxygen atoms in total. The van der Waals surface area contributed by atoms with E-state index in [0.29, 0.717) is 6.42 Å². The highest BCUT2D eigenvalue weighted by atomic mass is 32.2. The van der Waals surface area contributed by atoms with E-state index >= 15 is 0 Å². The van der Waals surface area contributed by atoms with Crippen LogP contribution < -0.4 is 4.72 Å². The van der Waals surface area contributed by atoms with E-state index < -0.39 is 15.8 Å². The van der Waals surface area contributed by atoms with E-state index in [1.807, 2.05) is 37.3 Å². The van der Waals surface area contributed by atoms with Crippen molar-refractivity contribution in [1.82, 2.24) is 4.72 Å². The Kier molecular flexibility index (Phi) is 5.09. The first-order valence-corrected chi connectivity index (χ1v) is 8.34. The van der Waals surface area contributed by atoms with Crippen LogP contribution in [0.25, 0.3) is 0 Å². The maximum atomic E-state index is 12.9. The molecule has 0 heterocycles. The van der Waals surface area contributed by atoms with Crippen LogP contribution in [-0.2, 0) is 10.0 Å². The summed E-state index contributed by atoms with van der Waals surface area (Å²) in [4.78, 5) is 0.0703. The van der Waals surface area contributed by atoms with Crippen LogP contribution in [0.5, 0.6) is 0 Å². The van der Waals surface area contributed by atoms with Crippen LogP contribution in [0.3, 0.4) is 0 Å². The van der Waals surface area contributed by atoms with Gasteiger partial charge in [-0.3, -0.25) is 0 Å². The summed E-state index contributed by atoms with van der Waals surface area (Å²) < 4.78 is 40.3. The summed E-state index contributed by atoms with van der Waals surface area (Å²) in [5, 5.41) is 0. The quantitative estimate of drug-likeness (QED) is 0.885. The van der Waals surface area contributed by atoms with Crippen LogP contribution in [-0.4, -0.2) is 8.42 Å². The van der Waals surface area contributed by atoms with Crippen LogP contribution in [0.15, 0.2) is 59.5 Å². The van der Waals surface area contributed by atoms with Crippen molar-refractivity contribution in [1.29, 1.82) is 0 Å². The average Bonchev–Trinajstić information content (AvgIpc) is 2.48. The van der Waals surface area contributed by atoms with Crippen molar-refractivity contribution in [2.75, 3.05) is 0 Å². The second-order valence-electron chi connectivity index (χ2n) is 4.83. The Morgan fingerprint density at radius 2 is 1.67 bits per heavy atom. The van der Waals surface area contributed by atoms with Gasteiger partial charge in [-0.25, -0.2) is 17.5 Å². The summed E-state index contributed by atoms with van der Waals surface area (Å²) in [6.07, 6.45) is 1.55. The summed E-state index contributed by atoms with van der Waals surface area (Å²) in [5.41, 5.74) is 0.921. The lowest BCUT2D eigenvalue weighted by Crippen LogP contribution is -2.28. The van der Waals surface area contributed by atoms with E-state index in [1.165, 1.54) is 12.1 Å². The van der Waals surface area contributed by atoms with Crippen LogP contribution >= 0.6 is 0 Å². The highest BCUT2D eigenvalue weighted by Crippen LogP contribution is 2.21. The lowest BCUT2D eigenvalue weighted by atomic mass is 10.0. The van der Waals surface area contributed by atoms with Gasteiger partial charge in [0.25, 0.3) is 0 Å². The first-order chi connectivity index (χ1) is 10.0. The van der Waals surface area contributed by atoms with E-state index in [-0.39, 0.29) is 10.9 Å². The molecule has 0 aromatic heterocycles. The molecule has 0 aliphatic rings. The summed E-state index contributed by atoms with van der Waals surface area (Å²) in [6.45, 7) is 2.00. The van der Waals surface area contributed by atoms with Crippen LogP contribution in [0, 0.1) is 5.82 Å². The molecule has 21 heavy (non-hydrogen) atoms. The minimum Gasteiger partial charge on any atom is -0.207 e. The van der Waals surface area contributed by atoms with Gasteiger partial charge in [0.2, 0.25) is 10.0 Å². The number of hydrogen-bond donors (Lipinski definition) is 1. The molecule has 0 bridgehead atoms. The molecule has 1 unspecified atom stereocenters. The largest absolute Gasteiger partial charge is 0.241 e. The van der Waals surface area contributed by atoms with Crippen molar-refractivity contribution < 1.29 is 12.8 Å². The molecule has 0 fully saturated rings. The normalized spacial score (nSPS) is 13.0. The van der Waals surface area contributed by atoms with Gasteiger partial charge in [0.05, 0.1) is 4.90 Å². The molecule has 0 amide bonds. The second-order valence-corrected chi connectivity index (χ2v) is 6.54. The van der Waals surface area contributed by atoms with Gasteiger partial charge in [0.1, 0.15) is 5.82 Å². The predicted molar refractivity (Wildman–Crippen MR) is 80.8 cm³/mol. The molecule has 2 aromatic carbocycles. The van der Waals surface area contributed by atoms with E-state index in [9.17, 15) is 12.8 Å². The summed E-state index contributed by atoms with van der Waals surface area (Å²) >= 11 is 0. The molecule has 5 heteroatoms. The Labute approximate surface area is 124 Å². The molecule has 2 rings (SSSR count). The third-order valence-electron chi connectivity index (χ3n) is 3.20. The molecule has 0 saturated carbocycles. The molecule has 0 aliphatic carbocycles. The number of nitrogens with one attached hydrogen (secondary N) is 1. The lowest BCUT2D eigenvalue weighted by Gasteiger charge is -2.18. The molecule has 0 radical (unpaired) electrons. The Morgan fingerprint density at radius 3 is 2.24 bits per heavy atom. The first-order valence-electron chi connectivity index (χ1n) is 6.86. The molecule has 0 saturated heterocycles. The molecule has 2 aromatic rings. The Bertz CT molecular complexity index is 669. The van der Waals surface area contributed by atoms with Gasteiger partial charge >= 0.3 is 0 Å². The van der Waals surface area contributed by atoms with E-state index in [4.69, 9.17) is 0 Å². The second kappa shape index (κ2) is 6.83. The molecule has 0 aliphatic heterocycles. The molecule has 0 spiro atoms. The number of hydrogen-bond acceptors (Lipinski definition) is 2. The van der Waals surface area contributed by atoms with Gasteiger partial charge in [-0.2, -0.15) is 0 Å². The molecule has 1 atom stereocenters. The zero-order valence-corrected chi connectivity index (χ0v) is 12.6. The van der Waals surface area contributed by atoms with Gasteiger partial charge < -0.3 is 0 Å². The molecule has 112 valence electrons. The van der Waals surface area contributed by atoms with Crippen LogP contribution in [0.1, 0.15) is 31.4 Å². The van der Waals surface area contributed by atoms with Crippen molar-refractivity contribution >= 4 is 10.0 Å². The minimum atomic E-state index is -3.66. The van der Waals surface area contributed by atoms with Gasteiger partial charge in [0.15, 0.2) is 0 Å². The predicted octanol–water partition coefficient (Wildman–Crippen LogP) is 3.65. The lowest BCUT2D eigenvalue weighted by molar-refractivity contribution is 0.536. The zero-order valence-electron chi connectivity index (χ0n) is 11.8. The van der Waals surface area contributed by atoms with Gasteiger partial charge in [-0.1, -0.05) is 43.7 Å². The number of halogens is 1. The monoisotopic (exact) mass is 307 g/mol. The fourth-order valence-electron chi connectivity index (χ4n) is 2.14. The van der Waals surface area contributed by atoms with Crippen LogP contribution in [0.2, 0.25) is 0 Å². The summed E-state index contributed by atoms with van der Waals surface area (Å²) in [6, 6.07) is 14.0. The Morgan fingerprint density at radius 1 is 1.05 bits per heavy atom. The van der Waals surface area contributed by atoms with Gasteiger partial charge in [-0.15, -0.1) is 0 Å². The molecular formula is C16H18FNO2S. The first kappa shape index (κ1) is 15.7. The molecular weight excluding hydrogens is 289 g/mol. The maximum Gasteiger partial charge on any atom is 0.241 e. The van der Waals surface area contributed by atoms with Gasteiger partial charge in [0, 0.05) is 6.04 Å². The van der Waals surface area contributed by atoms with Crippen molar-refractivity contribution in [2.24, 2.45) is 0 Å². The standard InChI is InChI=1S/C16H18FNO2S/c1-2-6-16(13-7-4-3-5-8-13)18-21(19,20)15-11-9-14(17)10-12-15/h3-5,7-12,16,18H,2,6H2,1H3. The third-order valence-corrected chi connectivity index (χ3v) is 4.69. The summed E-state index contributed by atoms with van der Waals surface area (Å²) in [7, 11) is -3.66. The Balaban J connectivity index is 2.25. The Hall–Kier alpha value is -1.72. The average molecular weight is 307 g/mol. The van der Waals surface area contributed by atoms with Crippen molar-refractivity contribution in [2.45, 2.75) is 30.7 Å². The van der Waals surface area contributed by atoms with Crippen LogP contribution in [0.4, 0.5) is 4.39 Å². The van der Waals surface area contributed by atoms with Gasteiger partial charge in [-0.05, 0) is 36.2 Å². The number of sulfonamides is 1. The topological polar surface area (TPSA) is 46.2 Å². The smallest absolute Gasteiger partial charge is 0.207 e. The van der Waals surface area contributed by atoms with Crippen molar-refractivity contribution in [3.05, 3.63) is 66.0 Å². The molecule has 1 N–H and O–H groups in total.